The molecule has 0 atom stereocenters. The van der Waals surface area contributed by atoms with Crippen LogP contribution in [0, 0.1) is 0 Å². The quantitative estimate of drug-likeness (QED) is 0.626. The molecule has 0 heterocycles. The Balaban J connectivity index is 2.28. The minimum absolute atomic E-state index is 1.06. The molecule has 0 amide bonds. The van der Waals surface area contributed by atoms with Gasteiger partial charge in [-0.15, -0.1) is 0 Å². The molecule has 0 unspecified atom stereocenters. The van der Waals surface area contributed by atoms with Gasteiger partial charge in [-0.1, -0.05) is 30.3 Å². The first-order valence-electron chi connectivity index (χ1n) is 4.26. The third-order valence-corrected chi connectivity index (χ3v) is 1.81. The Morgan fingerprint density at radius 2 is 1.73 bits per heavy atom. The zero-order valence-electron chi connectivity index (χ0n) is 6.92. The zero-order chi connectivity index (χ0) is 7.94. The molecule has 1 aromatic rings. The van der Waals surface area contributed by atoms with E-state index in [0.717, 1.165) is 6.54 Å². The Kier molecular flexibility index (Phi) is 3.70. The molecule has 0 saturated heterocycles. The standard InChI is InChI=1S/C10H15N/c11-9-5-4-8-10-6-2-1-3-7-10/h1-3,6-7H,4-5,8-9,11H2/p+1. The van der Waals surface area contributed by atoms with Crippen molar-refractivity contribution < 1.29 is 5.73 Å². The van der Waals surface area contributed by atoms with E-state index < -0.39 is 0 Å². The normalized spacial score (nSPS) is 9.91. The van der Waals surface area contributed by atoms with Gasteiger partial charge in [-0.3, -0.25) is 0 Å². The summed E-state index contributed by atoms with van der Waals surface area (Å²) < 4.78 is 0. The van der Waals surface area contributed by atoms with Crippen molar-refractivity contribution in [1.82, 2.24) is 0 Å². The molecule has 0 saturated carbocycles. The van der Waals surface area contributed by atoms with Crippen molar-refractivity contribution in [3.05, 3.63) is 35.9 Å². The highest BCUT2D eigenvalue weighted by Gasteiger charge is 1.90. The average molecular weight is 150 g/mol. The summed E-state index contributed by atoms with van der Waals surface area (Å²) in [6.45, 7) is 1.06. The summed E-state index contributed by atoms with van der Waals surface area (Å²) in [7, 11) is 0. The molecular formula is C10H16N+. The predicted octanol–water partition coefficient (Wildman–Crippen LogP) is 1.25. The number of hydrogen-bond donors (Lipinski definition) is 1. The summed E-state index contributed by atoms with van der Waals surface area (Å²) in [6.07, 6.45) is 3.72. The van der Waals surface area contributed by atoms with E-state index in [1.54, 1.807) is 0 Å². The highest BCUT2D eigenvalue weighted by molar-refractivity contribution is 5.14. The molecule has 0 radical (unpaired) electrons. The van der Waals surface area contributed by atoms with Crippen molar-refractivity contribution >= 4 is 0 Å². The van der Waals surface area contributed by atoms with Crippen LogP contribution in [0.3, 0.4) is 0 Å². The van der Waals surface area contributed by atoms with Crippen LogP contribution in [0.2, 0.25) is 0 Å². The zero-order valence-corrected chi connectivity index (χ0v) is 6.92. The number of aryl methyl sites for hydroxylation is 1. The van der Waals surface area contributed by atoms with Gasteiger partial charge >= 0.3 is 0 Å². The van der Waals surface area contributed by atoms with Crippen LogP contribution in [-0.2, 0) is 6.42 Å². The van der Waals surface area contributed by atoms with Gasteiger partial charge in [0.05, 0.1) is 6.54 Å². The maximum atomic E-state index is 3.82. The molecular weight excluding hydrogens is 134 g/mol. The lowest BCUT2D eigenvalue weighted by Gasteiger charge is -1.97. The number of hydrogen-bond acceptors (Lipinski definition) is 0. The van der Waals surface area contributed by atoms with Crippen molar-refractivity contribution in [2.24, 2.45) is 0 Å². The Morgan fingerprint density at radius 1 is 1.00 bits per heavy atom. The molecule has 1 nitrogen and oxygen atoms in total. The van der Waals surface area contributed by atoms with Crippen molar-refractivity contribution in [3.8, 4) is 0 Å². The summed E-state index contributed by atoms with van der Waals surface area (Å²) in [5, 5.41) is 0. The topological polar surface area (TPSA) is 27.6 Å². The van der Waals surface area contributed by atoms with E-state index >= 15 is 0 Å². The third kappa shape index (κ3) is 3.19. The van der Waals surface area contributed by atoms with Gasteiger partial charge in [-0.25, -0.2) is 0 Å². The average Bonchev–Trinajstić information content (AvgIpc) is 2.07. The molecule has 0 aliphatic rings. The highest BCUT2D eigenvalue weighted by atomic mass is 14.5. The molecule has 1 aromatic carbocycles. The molecule has 0 aromatic heterocycles. The SMILES string of the molecule is [NH3+]CCCCc1ccccc1. The lowest BCUT2D eigenvalue weighted by molar-refractivity contribution is -0.368. The first-order chi connectivity index (χ1) is 5.43. The molecule has 0 aliphatic heterocycles. The Morgan fingerprint density at radius 3 is 2.36 bits per heavy atom. The number of rotatable bonds is 4. The summed E-state index contributed by atoms with van der Waals surface area (Å²) in [5.41, 5.74) is 5.26. The van der Waals surface area contributed by atoms with Crippen molar-refractivity contribution in [2.75, 3.05) is 6.54 Å². The van der Waals surface area contributed by atoms with E-state index in [1.807, 2.05) is 0 Å². The molecule has 0 fully saturated rings. The lowest BCUT2D eigenvalue weighted by atomic mass is 10.1. The first-order valence-corrected chi connectivity index (χ1v) is 4.26. The predicted molar refractivity (Wildman–Crippen MR) is 47.1 cm³/mol. The van der Waals surface area contributed by atoms with Crippen molar-refractivity contribution in [3.63, 3.8) is 0 Å². The second kappa shape index (κ2) is 4.91. The molecule has 1 heteroatoms. The van der Waals surface area contributed by atoms with Crippen LogP contribution in [-0.4, -0.2) is 6.54 Å². The number of quaternary nitrogens is 1. The van der Waals surface area contributed by atoms with Crippen LogP contribution in [0.25, 0.3) is 0 Å². The van der Waals surface area contributed by atoms with E-state index in [4.69, 9.17) is 0 Å². The van der Waals surface area contributed by atoms with Crippen LogP contribution < -0.4 is 5.73 Å². The molecule has 0 bridgehead atoms. The molecule has 60 valence electrons. The third-order valence-electron chi connectivity index (χ3n) is 1.81. The fourth-order valence-electron chi connectivity index (χ4n) is 1.15. The van der Waals surface area contributed by atoms with E-state index in [1.165, 1.54) is 24.8 Å². The highest BCUT2D eigenvalue weighted by Crippen LogP contribution is 2.02. The molecule has 3 N–H and O–H groups in total. The summed E-state index contributed by atoms with van der Waals surface area (Å²) in [5.74, 6) is 0. The maximum absolute atomic E-state index is 3.82. The van der Waals surface area contributed by atoms with E-state index in [2.05, 4.69) is 36.1 Å². The van der Waals surface area contributed by atoms with Gasteiger partial charge < -0.3 is 5.73 Å². The van der Waals surface area contributed by atoms with Gasteiger partial charge in [0.2, 0.25) is 0 Å². The van der Waals surface area contributed by atoms with Crippen molar-refractivity contribution in [1.29, 1.82) is 0 Å². The maximum Gasteiger partial charge on any atom is 0.0739 e. The smallest absolute Gasteiger partial charge is 0.0739 e. The minimum Gasteiger partial charge on any atom is -0.358 e. The van der Waals surface area contributed by atoms with Gasteiger partial charge in [-0.05, 0) is 24.8 Å². The number of benzene rings is 1. The Labute approximate surface area is 68.2 Å². The van der Waals surface area contributed by atoms with Crippen LogP contribution >= 0.6 is 0 Å². The molecule has 11 heavy (non-hydrogen) atoms. The Bertz CT molecular complexity index is 181. The van der Waals surface area contributed by atoms with Crippen LogP contribution in [0.1, 0.15) is 18.4 Å². The fourth-order valence-corrected chi connectivity index (χ4v) is 1.15. The van der Waals surface area contributed by atoms with E-state index in [0.29, 0.717) is 0 Å². The van der Waals surface area contributed by atoms with Crippen LogP contribution in [0.4, 0.5) is 0 Å². The summed E-state index contributed by atoms with van der Waals surface area (Å²) >= 11 is 0. The van der Waals surface area contributed by atoms with E-state index in [-0.39, 0.29) is 0 Å². The lowest BCUT2D eigenvalue weighted by Crippen LogP contribution is -2.50. The first kappa shape index (κ1) is 8.28. The largest absolute Gasteiger partial charge is 0.358 e. The summed E-state index contributed by atoms with van der Waals surface area (Å²) in [4.78, 5) is 0. The second-order valence-electron chi connectivity index (χ2n) is 2.80. The molecule has 0 spiro atoms. The molecule has 1 rings (SSSR count). The number of unbranched alkanes of at least 4 members (excludes halogenated alkanes) is 1. The van der Waals surface area contributed by atoms with Gasteiger partial charge in [0.1, 0.15) is 0 Å². The van der Waals surface area contributed by atoms with Gasteiger partial charge in [-0.2, -0.15) is 0 Å². The Hall–Kier alpha value is -0.820. The summed E-state index contributed by atoms with van der Waals surface area (Å²) in [6, 6.07) is 10.6. The minimum atomic E-state index is 1.06. The van der Waals surface area contributed by atoms with Crippen LogP contribution in [0.15, 0.2) is 30.3 Å². The van der Waals surface area contributed by atoms with Gasteiger partial charge in [0, 0.05) is 0 Å². The fraction of sp³-hybridized carbons (Fsp3) is 0.400. The van der Waals surface area contributed by atoms with Crippen molar-refractivity contribution in [2.45, 2.75) is 19.3 Å². The molecule has 0 aliphatic carbocycles. The van der Waals surface area contributed by atoms with Gasteiger partial charge in [0.25, 0.3) is 0 Å². The van der Waals surface area contributed by atoms with Crippen LogP contribution in [0.5, 0.6) is 0 Å². The monoisotopic (exact) mass is 150 g/mol. The van der Waals surface area contributed by atoms with Gasteiger partial charge in [0.15, 0.2) is 0 Å². The van der Waals surface area contributed by atoms with E-state index in [9.17, 15) is 0 Å². The second-order valence-corrected chi connectivity index (χ2v) is 2.80.